The number of H-pyrrole nitrogens is 1. The largest absolute Gasteiger partial charge is 0.507 e. The topological polar surface area (TPSA) is 69.2 Å². The molecule has 26 heavy (non-hydrogen) atoms. The first-order chi connectivity index (χ1) is 12.6. The Labute approximate surface area is 150 Å². The van der Waals surface area contributed by atoms with Gasteiger partial charge in [0.05, 0.1) is 6.04 Å². The van der Waals surface area contributed by atoms with Gasteiger partial charge in [0.1, 0.15) is 23.0 Å². The van der Waals surface area contributed by atoms with Gasteiger partial charge in [0.15, 0.2) is 0 Å². The Morgan fingerprint density at radius 1 is 1.19 bits per heavy atom. The molecule has 0 spiro atoms. The smallest absolute Gasteiger partial charge is 0.273 e. The van der Waals surface area contributed by atoms with E-state index in [1.165, 1.54) is 6.07 Å². The molecule has 0 bridgehead atoms. The lowest BCUT2D eigenvalue weighted by Gasteiger charge is -2.26. The number of hydrogen-bond acceptors (Lipinski definition) is 3. The van der Waals surface area contributed by atoms with Gasteiger partial charge in [0.2, 0.25) is 0 Å². The summed E-state index contributed by atoms with van der Waals surface area (Å²) >= 11 is 0. The molecule has 1 aliphatic rings. The van der Waals surface area contributed by atoms with E-state index in [4.69, 9.17) is 0 Å². The van der Waals surface area contributed by atoms with Crippen LogP contribution in [0, 0.1) is 5.82 Å². The third-order valence-electron chi connectivity index (χ3n) is 4.69. The van der Waals surface area contributed by atoms with Crippen molar-refractivity contribution in [3.63, 3.8) is 0 Å². The normalized spacial score (nSPS) is 16.2. The maximum absolute atomic E-state index is 14.6. The second kappa shape index (κ2) is 6.29. The number of fused-ring (bicyclic) bond motifs is 1. The average molecular weight is 351 g/mol. The van der Waals surface area contributed by atoms with Gasteiger partial charge in [-0.15, -0.1) is 0 Å². The van der Waals surface area contributed by atoms with Gasteiger partial charge >= 0.3 is 0 Å². The predicted molar refractivity (Wildman–Crippen MR) is 95.3 cm³/mol. The van der Waals surface area contributed by atoms with Gasteiger partial charge < -0.3 is 10.0 Å². The third kappa shape index (κ3) is 2.37. The Kier molecular flexibility index (Phi) is 3.95. The Bertz CT molecular complexity index is 983. The van der Waals surface area contributed by atoms with Gasteiger partial charge in [0, 0.05) is 23.2 Å². The van der Waals surface area contributed by atoms with E-state index in [2.05, 4.69) is 10.2 Å². The molecule has 0 saturated carbocycles. The number of nitrogens with zero attached hydrogens (tertiary/aromatic N) is 2. The van der Waals surface area contributed by atoms with Crippen molar-refractivity contribution in [3.05, 3.63) is 71.2 Å². The quantitative estimate of drug-likeness (QED) is 0.749. The number of phenols is 1. The van der Waals surface area contributed by atoms with Crippen molar-refractivity contribution in [1.82, 2.24) is 15.1 Å². The first kappa shape index (κ1) is 16.3. The number of nitrogens with one attached hydrogen (secondary N) is 1. The van der Waals surface area contributed by atoms with Crippen LogP contribution < -0.4 is 0 Å². The van der Waals surface area contributed by atoms with Crippen molar-refractivity contribution in [1.29, 1.82) is 0 Å². The Balaban J connectivity index is 1.95. The number of phenolic OH excluding ortho intramolecular Hbond substituents is 1. The molecule has 6 heteroatoms. The zero-order valence-corrected chi connectivity index (χ0v) is 14.2. The second-order valence-corrected chi connectivity index (χ2v) is 6.30. The molecule has 1 aromatic heterocycles. The van der Waals surface area contributed by atoms with Crippen molar-refractivity contribution < 1.29 is 14.3 Å². The van der Waals surface area contributed by atoms with E-state index in [0.29, 0.717) is 34.6 Å². The van der Waals surface area contributed by atoms with E-state index in [9.17, 15) is 14.3 Å². The van der Waals surface area contributed by atoms with Gasteiger partial charge in [-0.05, 0) is 24.6 Å². The number of carbonyl (C=O) groups excluding carboxylic acids is 1. The summed E-state index contributed by atoms with van der Waals surface area (Å²) in [5, 5.41) is 17.3. The number of hydrogen-bond donors (Lipinski definition) is 2. The molecule has 5 nitrogen and oxygen atoms in total. The van der Waals surface area contributed by atoms with Crippen LogP contribution >= 0.6 is 0 Å². The standard InChI is InChI=1S/C20H18FN3O2/c1-2-11-24-19(12-7-3-5-9-14(12)21)16-17(22-23-18(16)20(24)26)13-8-4-6-10-15(13)25/h3-10,19,25H,2,11H2,1H3,(H,22,23)/t19-/m0/s1. The van der Waals surface area contributed by atoms with Gasteiger partial charge in [-0.3, -0.25) is 9.89 Å². The monoisotopic (exact) mass is 351 g/mol. The van der Waals surface area contributed by atoms with Gasteiger partial charge in [-0.2, -0.15) is 5.10 Å². The van der Waals surface area contributed by atoms with E-state index in [0.717, 1.165) is 6.42 Å². The number of rotatable bonds is 4. The van der Waals surface area contributed by atoms with Gasteiger partial charge in [0.25, 0.3) is 5.91 Å². The number of aromatic amines is 1. The van der Waals surface area contributed by atoms with Gasteiger partial charge in [-0.25, -0.2) is 4.39 Å². The second-order valence-electron chi connectivity index (χ2n) is 6.30. The summed E-state index contributed by atoms with van der Waals surface area (Å²) in [4.78, 5) is 14.5. The summed E-state index contributed by atoms with van der Waals surface area (Å²) in [6.07, 6.45) is 0.750. The molecule has 2 N–H and O–H groups in total. The maximum Gasteiger partial charge on any atom is 0.273 e. The lowest BCUT2D eigenvalue weighted by molar-refractivity contribution is 0.0742. The molecular weight excluding hydrogens is 333 g/mol. The van der Waals surface area contributed by atoms with Crippen LogP contribution in [0.5, 0.6) is 5.75 Å². The van der Waals surface area contributed by atoms with Crippen LogP contribution in [0.2, 0.25) is 0 Å². The molecular formula is C20H18FN3O2. The molecule has 0 fully saturated rings. The molecule has 0 unspecified atom stereocenters. The molecule has 1 amide bonds. The van der Waals surface area contributed by atoms with Crippen LogP contribution in [0.1, 0.15) is 41.0 Å². The zero-order valence-electron chi connectivity index (χ0n) is 14.2. The summed E-state index contributed by atoms with van der Waals surface area (Å²) in [7, 11) is 0. The van der Waals surface area contributed by atoms with Crippen molar-refractivity contribution in [2.24, 2.45) is 0 Å². The first-order valence-electron chi connectivity index (χ1n) is 8.55. The molecule has 0 radical (unpaired) electrons. The number of carbonyl (C=O) groups is 1. The van der Waals surface area contributed by atoms with Crippen LogP contribution in [-0.4, -0.2) is 32.7 Å². The zero-order chi connectivity index (χ0) is 18.3. The molecule has 1 aliphatic heterocycles. The fourth-order valence-corrected chi connectivity index (χ4v) is 3.57. The number of para-hydroxylation sites is 1. The van der Waals surface area contributed by atoms with Crippen molar-refractivity contribution in [2.75, 3.05) is 6.54 Å². The summed E-state index contributed by atoms with van der Waals surface area (Å²) in [6, 6.07) is 12.7. The lowest BCUT2D eigenvalue weighted by atomic mass is 9.95. The minimum atomic E-state index is -0.577. The Morgan fingerprint density at radius 2 is 1.92 bits per heavy atom. The first-order valence-corrected chi connectivity index (χ1v) is 8.55. The molecule has 0 saturated heterocycles. The molecule has 2 heterocycles. The molecule has 4 rings (SSSR count). The van der Waals surface area contributed by atoms with Crippen LogP contribution in [0.25, 0.3) is 11.3 Å². The number of amides is 1. The predicted octanol–water partition coefficient (Wildman–Crippen LogP) is 3.88. The van der Waals surface area contributed by atoms with Crippen molar-refractivity contribution >= 4 is 5.91 Å². The number of benzene rings is 2. The highest BCUT2D eigenvalue weighted by Gasteiger charge is 2.42. The van der Waals surface area contributed by atoms with Crippen molar-refractivity contribution in [2.45, 2.75) is 19.4 Å². The number of aromatic nitrogens is 2. The highest BCUT2D eigenvalue weighted by Crippen LogP contribution is 2.44. The fraction of sp³-hybridized carbons (Fsp3) is 0.200. The Hall–Kier alpha value is -3.15. The highest BCUT2D eigenvalue weighted by molar-refractivity contribution is 6.00. The molecule has 1 atom stereocenters. The van der Waals surface area contributed by atoms with Crippen LogP contribution in [0.4, 0.5) is 4.39 Å². The minimum Gasteiger partial charge on any atom is -0.507 e. The maximum atomic E-state index is 14.6. The number of aromatic hydroxyl groups is 1. The van der Waals surface area contributed by atoms with E-state index < -0.39 is 6.04 Å². The molecule has 0 aliphatic carbocycles. The molecule has 132 valence electrons. The summed E-state index contributed by atoms with van der Waals surface area (Å²) in [5.41, 5.74) is 2.36. The summed E-state index contributed by atoms with van der Waals surface area (Å²) < 4.78 is 14.6. The van der Waals surface area contributed by atoms with Crippen LogP contribution in [0.15, 0.2) is 48.5 Å². The van der Waals surface area contributed by atoms with E-state index in [-0.39, 0.29) is 17.5 Å². The third-order valence-corrected chi connectivity index (χ3v) is 4.69. The van der Waals surface area contributed by atoms with Crippen LogP contribution in [-0.2, 0) is 0 Å². The highest BCUT2D eigenvalue weighted by atomic mass is 19.1. The Morgan fingerprint density at radius 3 is 2.65 bits per heavy atom. The minimum absolute atomic E-state index is 0.0653. The average Bonchev–Trinajstić information content (AvgIpc) is 3.17. The SMILES string of the molecule is CCCN1C(=O)c2[nH]nc(-c3ccccc3O)c2[C@@H]1c1ccccc1F. The van der Waals surface area contributed by atoms with Crippen molar-refractivity contribution in [3.8, 4) is 17.0 Å². The lowest BCUT2D eigenvalue weighted by Crippen LogP contribution is -2.30. The molecule has 2 aromatic carbocycles. The fourth-order valence-electron chi connectivity index (χ4n) is 3.57. The summed E-state index contributed by atoms with van der Waals surface area (Å²) in [5.74, 6) is -0.511. The van der Waals surface area contributed by atoms with E-state index in [1.807, 2.05) is 6.92 Å². The van der Waals surface area contributed by atoms with Crippen LogP contribution in [0.3, 0.4) is 0 Å². The van der Waals surface area contributed by atoms with E-state index in [1.54, 1.807) is 47.4 Å². The summed E-state index contributed by atoms with van der Waals surface area (Å²) in [6.45, 7) is 2.47. The molecule has 3 aromatic rings. The van der Waals surface area contributed by atoms with E-state index >= 15 is 0 Å². The van der Waals surface area contributed by atoms with Gasteiger partial charge in [-0.1, -0.05) is 37.3 Å². The number of halogens is 1.